The summed E-state index contributed by atoms with van der Waals surface area (Å²) in [6.07, 6.45) is 4.29. The van der Waals surface area contributed by atoms with Crippen molar-refractivity contribution >= 4 is 5.57 Å². The maximum Gasteiger partial charge on any atom is 0.164 e. The lowest BCUT2D eigenvalue weighted by atomic mass is 10.1. The first kappa shape index (κ1) is 9.46. The van der Waals surface area contributed by atoms with Crippen LogP contribution in [0.5, 0.6) is 0 Å². The zero-order valence-corrected chi connectivity index (χ0v) is 8.79. The molecule has 0 aromatic carbocycles. The molecule has 0 N–H and O–H groups in total. The highest BCUT2D eigenvalue weighted by atomic mass is 16.5. The van der Waals surface area contributed by atoms with Gasteiger partial charge in [-0.05, 0) is 19.9 Å². The normalized spacial score (nSPS) is 18.3. The first-order chi connectivity index (χ1) is 6.79. The lowest BCUT2D eigenvalue weighted by Gasteiger charge is -2.21. The Morgan fingerprint density at radius 1 is 1.57 bits per heavy atom. The first-order valence-corrected chi connectivity index (χ1v) is 5.13. The standard InChI is InChI=1S/C11H16N2O/c1-3-10-7-11(14-12-10)9-5-4-6-13(2)8-9/h5,7H,3-4,6,8H2,1-2H3. The monoisotopic (exact) mass is 192 g/mol. The molecule has 1 aromatic heterocycles. The number of rotatable bonds is 2. The number of nitrogens with zero attached hydrogens (tertiary/aromatic N) is 2. The molecule has 0 saturated carbocycles. The van der Waals surface area contributed by atoms with E-state index in [0.717, 1.165) is 37.4 Å². The molecule has 1 aromatic rings. The summed E-state index contributed by atoms with van der Waals surface area (Å²) in [4.78, 5) is 2.30. The van der Waals surface area contributed by atoms with Crippen LogP contribution in [0.2, 0.25) is 0 Å². The van der Waals surface area contributed by atoms with E-state index in [1.165, 1.54) is 5.57 Å². The molecule has 2 rings (SSSR count). The van der Waals surface area contributed by atoms with E-state index in [4.69, 9.17) is 4.52 Å². The second-order valence-corrected chi connectivity index (χ2v) is 3.79. The molecule has 0 saturated heterocycles. The van der Waals surface area contributed by atoms with Crippen LogP contribution in [0, 0.1) is 0 Å². The van der Waals surface area contributed by atoms with Gasteiger partial charge >= 0.3 is 0 Å². The van der Waals surface area contributed by atoms with E-state index in [1.807, 2.05) is 6.07 Å². The zero-order chi connectivity index (χ0) is 9.97. The van der Waals surface area contributed by atoms with Crippen molar-refractivity contribution in [1.82, 2.24) is 10.1 Å². The van der Waals surface area contributed by atoms with Crippen LogP contribution in [-0.2, 0) is 6.42 Å². The molecular formula is C11H16N2O. The average Bonchev–Trinajstić information content (AvgIpc) is 2.66. The van der Waals surface area contributed by atoms with Crippen molar-refractivity contribution in [1.29, 1.82) is 0 Å². The van der Waals surface area contributed by atoms with Gasteiger partial charge in [-0.3, -0.25) is 0 Å². The highest BCUT2D eigenvalue weighted by molar-refractivity contribution is 5.63. The third kappa shape index (κ3) is 1.87. The molecule has 1 aliphatic rings. The van der Waals surface area contributed by atoms with Crippen LogP contribution in [0.4, 0.5) is 0 Å². The summed E-state index contributed by atoms with van der Waals surface area (Å²) in [6.45, 7) is 4.19. The van der Waals surface area contributed by atoms with Gasteiger partial charge in [0, 0.05) is 24.7 Å². The fraction of sp³-hybridized carbons (Fsp3) is 0.545. The van der Waals surface area contributed by atoms with Crippen LogP contribution in [0.25, 0.3) is 5.57 Å². The van der Waals surface area contributed by atoms with Gasteiger partial charge in [0.25, 0.3) is 0 Å². The second kappa shape index (κ2) is 3.96. The van der Waals surface area contributed by atoms with E-state index in [0.29, 0.717) is 0 Å². The van der Waals surface area contributed by atoms with Gasteiger partial charge in [0.1, 0.15) is 0 Å². The van der Waals surface area contributed by atoms with Gasteiger partial charge < -0.3 is 9.42 Å². The first-order valence-electron chi connectivity index (χ1n) is 5.13. The van der Waals surface area contributed by atoms with Crippen LogP contribution in [0.3, 0.4) is 0 Å². The quantitative estimate of drug-likeness (QED) is 0.717. The Kier molecular flexibility index (Phi) is 2.68. The van der Waals surface area contributed by atoms with Gasteiger partial charge in [-0.1, -0.05) is 18.2 Å². The van der Waals surface area contributed by atoms with Crippen LogP contribution >= 0.6 is 0 Å². The Morgan fingerprint density at radius 3 is 3.07 bits per heavy atom. The maximum absolute atomic E-state index is 5.30. The van der Waals surface area contributed by atoms with E-state index >= 15 is 0 Å². The van der Waals surface area contributed by atoms with Crippen molar-refractivity contribution in [2.45, 2.75) is 19.8 Å². The molecule has 2 heterocycles. The van der Waals surface area contributed by atoms with Gasteiger partial charge in [-0.15, -0.1) is 0 Å². The molecule has 0 radical (unpaired) electrons. The van der Waals surface area contributed by atoms with E-state index in [-0.39, 0.29) is 0 Å². The lowest BCUT2D eigenvalue weighted by molar-refractivity contribution is 0.358. The largest absolute Gasteiger partial charge is 0.356 e. The summed E-state index contributed by atoms with van der Waals surface area (Å²) < 4.78 is 5.30. The minimum Gasteiger partial charge on any atom is -0.356 e. The molecule has 3 nitrogen and oxygen atoms in total. The fourth-order valence-electron chi connectivity index (χ4n) is 1.70. The Labute approximate surface area is 84.4 Å². The van der Waals surface area contributed by atoms with Crippen LogP contribution < -0.4 is 0 Å². The zero-order valence-electron chi connectivity index (χ0n) is 8.79. The molecule has 3 heteroatoms. The van der Waals surface area contributed by atoms with Crippen molar-refractivity contribution in [3.63, 3.8) is 0 Å². The molecule has 76 valence electrons. The molecule has 0 fully saturated rings. The van der Waals surface area contributed by atoms with Gasteiger partial charge in [0.2, 0.25) is 0 Å². The Balaban J connectivity index is 2.18. The Morgan fingerprint density at radius 2 is 2.43 bits per heavy atom. The summed E-state index contributed by atoms with van der Waals surface area (Å²) in [7, 11) is 2.13. The predicted octanol–water partition coefficient (Wildman–Crippen LogP) is 1.96. The number of aryl methyl sites for hydroxylation is 1. The minimum absolute atomic E-state index is 0.937. The van der Waals surface area contributed by atoms with E-state index in [9.17, 15) is 0 Å². The minimum atomic E-state index is 0.937. The SMILES string of the molecule is CCc1cc(C2=CCCN(C)C2)on1. The number of aromatic nitrogens is 1. The molecule has 0 amide bonds. The fourth-order valence-corrected chi connectivity index (χ4v) is 1.70. The van der Waals surface area contributed by atoms with Gasteiger partial charge in [-0.2, -0.15) is 0 Å². The number of hydrogen-bond acceptors (Lipinski definition) is 3. The topological polar surface area (TPSA) is 29.3 Å². The summed E-state index contributed by atoms with van der Waals surface area (Å²) in [6, 6.07) is 2.05. The van der Waals surface area contributed by atoms with Crippen molar-refractivity contribution in [2.75, 3.05) is 20.1 Å². The maximum atomic E-state index is 5.30. The smallest absolute Gasteiger partial charge is 0.164 e. The average molecular weight is 192 g/mol. The van der Waals surface area contributed by atoms with Gasteiger partial charge in [0.05, 0.1) is 5.69 Å². The molecule has 0 bridgehead atoms. The van der Waals surface area contributed by atoms with Crippen LogP contribution in [0.15, 0.2) is 16.7 Å². The summed E-state index contributed by atoms with van der Waals surface area (Å²) in [5, 5.41) is 4.00. The lowest BCUT2D eigenvalue weighted by Crippen LogP contribution is -2.24. The molecule has 14 heavy (non-hydrogen) atoms. The summed E-state index contributed by atoms with van der Waals surface area (Å²) >= 11 is 0. The van der Waals surface area contributed by atoms with Gasteiger partial charge in [-0.25, -0.2) is 0 Å². The molecule has 0 spiro atoms. The molecule has 0 atom stereocenters. The second-order valence-electron chi connectivity index (χ2n) is 3.79. The van der Waals surface area contributed by atoms with Crippen LogP contribution in [0.1, 0.15) is 24.8 Å². The van der Waals surface area contributed by atoms with Crippen molar-refractivity contribution in [3.8, 4) is 0 Å². The highest BCUT2D eigenvalue weighted by Gasteiger charge is 2.14. The summed E-state index contributed by atoms with van der Waals surface area (Å²) in [5.74, 6) is 0.938. The molecule has 0 unspecified atom stereocenters. The Hall–Kier alpha value is -1.09. The third-order valence-corrected chi connectivity index (χ3v) is 2.58. The van der Waals surface area contributed by atoms with Crippen LogP contribution in [-0.4, -0.2) is 30.2 Å². The van der Waals surface area contributed by atoms with Crippen molar-refractivity contribution in [3.05, 3.63) is 23.6 Å². The Bertz CT molecular complexity index is 341. The van der Waals surface area contributed by atoms with Gasteiger partial charge in [0.15, 0.2) is 5.76 Å². The van der Waals surface area contributed by atoms with E-state index in [2.05, 4.69) is 30.1 Å². The number of likely N-dealkylation sites (N-methyl/N-ethyl adjacent to an activating group) is 1. The third-order valence-electron chi connectivity index (χ3n) is 2.58. The van der Waals surface area contributed by atoms with Crippen molar-refractivity contribution in [2.24, 2.45) is 0 Å². The van der Waals surface area contributed by atoms with Crippen molar-refractivity contribution < 1.29 is 4.52 Å². The molecule has 0 aliphatic carbocycles. The molecular weight excluding hydrogens is 176 g/mol. The number of hydrogen-bond donors (Lipinski definition) is 0. The highest BCUT2D eigenvalue weighted by Crippen LogP contribution is 2.20. The molecule has 1 aliphatic heterocycles. The summed E-state index contributed by atoms with van der Waals surface area (Å²) in [5.41, 5.74) is 2.31. The predicted molar refractivity (Wildman–Crippen MR) is 56.0 cm³/mol. The van der Waals surface area contributed by atoms with E-state index < -0.39 is 0 Å². The van der Waals surface area contributed by atoms with E-state index in [1.54, 1.807) is 0 Å².